The monoisotopic (exact) mass is 286 g/mol. The molecule has 2 heterocycles. The largest absolute Gasteiger partial charge is 0.396 e. The van der Waals surface area contributed by atoms with E-state index in [0.717, 1.165) is 58.7 Å². The van der Waals surface area contributed by atoms with Crippen LogP contribution in [-0.4, -0.2) is 84.7 Å². The zero-order valence-corrected chi connectivity index (χ0v) is 13.0. The Hall–Kier alpha value is -0.200. The molecule has 0 spiro atoms. The number of β-amino-alcohol motifs (C(OH)–C–C–N with tert-alkyl or cyclic N) is 1. The maximum atomic E-state index is 9.87. The zero-order valence-electron chi connectivity index (χ0n) is 13.0. The molecule has 2 aliphatic heterocycles. The summed E-state index contributed by atoms with van der Waals surface area (Å²) in [6, 6.07) is 0. The van der Waals surface area contributed by atoms with Crippen molar-refractivity contribution < 1.29 is 14.9 Å². The van der Waals surface area contributed by atoms with Gasteiger partial charge in [-0.3, -0.25) is 4.90 Å². The Morgan fingerprint density at radius 2 is 1.80 bits per heavy atom. The van der Waals surface area contributed by atoms with E-state index in [1.807, 2.05) is 13.8 Å². The lowest BCUT2D eigenvalue weighted by atomic mass is 9.82. The predicted molar refractivity (Wildman–Crippen MR) is 78.7 cm³/mol. The van der Waals surface area contributed by atoms with Crippen LogP contribution in [-0.2, 0) is 4.74 Å². The van der Waals surface area contributed by atoms with Gasteiger partial charge < -0.3 is 19.8 Å². The maximum absolute atomic E-state index is 9.87. The van der Waals surface area contributed by atoms with Gasteiger partial charge in [-0.25, -0.2) is 0 Å². The first-order valence-electron chi connectivity index (χ1n) is 7.78. The van der Waals surface area contributed by atoms with Crippen molar-refractivity contribution in [2.45, 2.75) is 32.3 Å². The quantitative estimate of drug-likeness (QED) is 0.754. The first-order chi connectivity index (χ1) is 9.42. The topological polar surface area (TPSA) is 56.2 Å². The summed E-state index contributed by atoms with van der Waals surface area (Å²) in [5, 5.41) is 19.6. The Morgan fingerprint density at radius 1 is 1.15 bits per heavy atom. The first-order valence-corrected chi connectivity index (χ1v) is 7.78. The molecular formula is C15H30N2O3. The number of ether oxygens (including phenoxy) is 1. The molecule has 1 unspecified atom stereocenters. The summed E-state index contributed by atoms with van der Waals surface area (Å²) in [7, 11) is 0. The molecule has 2 saturated heterocycles. The number of nitrogens with zero attached hydrogens (tertiary/aromatic N) is 2. The molecule has 5 heteroatoms. The van der Waals surface area contributed by atoms with Gasteiger partial charge in [0.15, 0.2) is 0 Å². The summed E-state index contributed by atoms with van der Waals surface area (Å²) in [5.74, 6) is 0. The van der Waals surface area contributed by atoms with Gasteiger partial charge in [-0.05, 0) is 26.7 Å². The predicted octanol–water partition coefficient (Wildman–Crippen LogP) is 0.164. The van der Waals surface area contributed by atoms with Crippen LogP contribution < -0.4 is 0 Å². The molecule has 20 heavy (non-hydrogen) atoms. The second-order valence-corrected chi connectivity index (χ2v) is 7.18. The molecule has 2 aliphatic rings. The van der Waals surface area contributed by atoms with Crippen molar-refractivity contribution in [3.63, 3.8) is 0 Å². The van der Waals surface area contributed by atoms with Gasteiger partial charge in [0, 0.05) is 51.3 Å². The molecule has 0 amide bonds. The van der Waals surface area contributed by atoms with Crippen molar-refractivity contribution in [2.75, 3.05) is 59.1 Å². The molecule has 5 nitrogen and oxygen atoms in total. The molecule has 0 aromatic rings. The van der Waals surface area contributed by atoms with Gasteiger partial charge in [-0.1, -0.05) is 0 Å². The lowest BCUT2D eigenvalue weighted by molar-refractivity contribution is -0.0629. The summed E-state index contributed by atoms with van der Waals surface area (Å²) in [5.41, 5.74) is -0.678. The Kier molecular flexibility index (Phi) is 5.42. The minimum absolute atomic E-state index is 0.0589. The third-order valence-electron chi connectivity index (χ3n) is 4.37. The van der Waals surface area contributed by atoms with E-state index in [-0.39, 0.29) is 12.0 Å². The van der Waals surface area contributed by atoms with Gasteiger partial charge >= 0.3 is 0 Å². The summed E-state index contributed by atoms with van der Waals surface area (Å²) in [4.78, 5) is 4.76. The minimum Gasteiger partial charge on any atom is -0.396 e. The molecule has 118 valence electrons. The maximum Gasteiger partial charge on any atom is 0.0718 e. The number of aliphatic hydroxyl groups excluding tert-OH is 1. The second-order valence-electron chi connectivity index (χ2n) is 7.18. The van der Waals surface area contributed by atoms with Gasteiger partial charge in [-0.2, -0.15) is 0 Å². The molecule has 1 atom stereocenters. The first kappa shape index (κ1) is 16.2. The number of rotatable bonds is 5. The van der Waals surface area contributed by atoms with Crippen LogP contribution in [0, 0.1) is 5.41 Å². The van der Waals surface area contributed by atoms with Gasteiger partial charge in [-0.15, -0.1) is 0 Å². The fourth-order valence-corrected chi connectivity index (χ4v) is 3.34. The minimum atomic E-state index is -0.619. The van der Waals surface area contributed by atoms with Crippen LogP contribution in [0.3, 0.4) is 0 Å². The Labute approximate surface area is 122 Å². The average molecular weight is 286 g/mol. The number of hydrogen-bond donors (Lipinski definition) is 2. The molecule has 2 fully saturated rings. The summed E-state index contributed by atoms with van der Waals surface area (Å²) in [6.45, 7) is 11.1. The van der Waals surface area contributed by atoms with E-state index in [2.05, 4.69) is 9.80 Å². The van der Waals surface area contributed by atoms with Crippen LogP contribution >= 0.6 is 0 Å². The average Bonchev–Trinajstić information content (AvgIpc) is 2.40. The molecule has 0 saturated carbocycles. The van der Waals surface area contributed by atoms with Gasteiger partial charge in [0.25, 0.3) is 0 Å². The SMILES string of the molecule is CC(C)(O)CN1CCN(CC2(CO)CCCOC2)CC1. The third kappa shape index (κ3) is 4.67. The molecule has 0 aromatic heterocycles. The zero-order chi connectivity index (χ0) is 14.6. The van der Waals surface area contributed by atoms with Crippen molar-refractivity contribution in [3.05, 3.63) is 0 Å². The fraction of sp³-hybridized carbons (Fsp3) is 1.00. The van der Waals surface area contributed by atoms with Crippen LogP contribution in [0.5, 0.6) is 0 Å². The van der Waals surface area contributed by atoms with Crippen LogP contribution in [0.1, 0.15) is 26.7 Å². The molecule has 0 radical (unpaired) electrons. The van der Waals surface area contributed by atoms with E-state index in [0.29, 0.717) is 6.61 Å². The van der Waals surface area contributed by atoms with Crippen LogP contribution in [0.15, 0.2) is 0 Å². The van der Waals surface area contributed by atoms with E-state index < -0.39 is 5.60 Å². The summed E-state index contributed by atoms with van der Waals surface area (Å²) >= 11 is 0. The molecule has 0 aromatic carbocycles. The van der Waals surface area contributed by atoms with Crippen LogP contribution in [0.25, 0.3) is 0 Å². The standard InChI is InChI=1S/C15H30N2O3/c1-14(2,19)10-16-5-7-17(8-6-16)11-15(12-18)4-3-9-20-13-15/h18-19H,3-13H2,1-2H3. The highest BCUT2D eigenvalue weighted by Crippen LogP contribution is 2.29. The smallest absolute Gasteiger partial charge is 0.0718 e. The third-order valence-corrected chi connectivity index (χ3v) is 4.37. The van der Waals surface area contributed by atoms with Crippen molar-refractivity contribution in [1.29, 1.82) is 0 Å². The van der Waals surface area contributed by atoms with Crippen LogP contribution in [0.4, 0.5) is 0 Å². The lowest BCUT2D eigenvalue weighted by Gasteiger charge is -2.43. The normalized spacial score (nSPS) is 30.6. The molecule has 0 aliphatic carbocycles. The highest BCUT2D eigenvalue weighted by Gasteiger charge is 2.35. The number of aliphatic hydroxyl groups is 2. The van der Waals surface area contributed by atoms with Crippen LogP contribution in [0.2, 0.25) is 0 Å². The molecule has 2 N–H and O–H groups in total. The Balaban J connectivity index is 1.78. The van der Waals surface area contributed by atoms with Crippen molar-refractivity contribution >= 4 is 0 Å². The van der Waals surface area contributed by atoms with E-state index in [9.17, 15) is 10.2 Å². The van der Waals surface area contributed by atoms with E-state index in [1.54, 1.807) is 0 Å². The van der Waals surface area contributed by atoms with Crippen molar-refractivity contribution in [3.8, 4) is 0 Å². The Morgan fingerprint density at radius 3 is 2.30 bits per heavy atom. The Bertz CT molecular complexity index is 290. The molecule has 2 rings (SSSR count). The second kappa shape index (κ2) is 6.71. The highest BCUT2D eigenvalue weighted by atomic mass is 16.5. The van der Waals surface area contributed by atoms with E-state index in [1.165, 1.54) is 0 Å². The van der Waals surface area contributed by atoms with Gasteiger partial charge in [0.2, 0.25) is 0 Å². The number of piperazine rings is 1. The van der Waals surface area contributed by atoms with Gasteiger partial charge in [0.05, 0.1) is 18.8 Å². The molecular weight excluding hydrogens is 256 g/mol. The van der Waals surface area contributed by atoms with E-state index in [4.69, 9.17) is 4.74 Å². The van der Waals surface area contributed by atoms with Crippen molar-refractivity contribution in [1.82, 2.24) is 9.80 Å². The number of hydrogen-bond acceptors (Lipinski definition) is 5. The van der Waals surface area contributed by atoms with Gasteiger partial charge in [0.1, 0.15) is 0 Å². The fourth-order valence-electron chi connectivity index (χ4n) is 3.34. The highest BCUT2D eigenvalue weighted by molar-refractivity contribution is 4.87. The summed E-state index contributed by atoms with van der Waals surface area (Å²) in [6.07, 6.45) is 2.12. The summed E-state index contributed by atoms with van der Waals surface area (Å²) < 4.78 is 5.57. The lowest BCUT2D eigenvalue weighted by Crippen LogP contribution is -2.54. The van der Waals surface area contributed by atoms with Crippen molar-refractivity contribution in [2.24, 2.45) is 5.41 Å². The van der Waals surface area contributed by atoms with E-state index >= 15 is 0 Å². The molecule has 0 bridgehead atoms.